The minimum atomic E-state index is -1.15. The van der Waals surface area contributed by atoms with Crippen molar-refractivity contribution < 1.29 is 24.6 Å². The third-order valence-corrected chi connectivity index (χ3v) is 6.28. The summed E-state index contributed by atoms with van der Waals surface area (Å²) in [4.78, 5) is 43.2. The molecule has 9 nitrogen and oxygen atoms in total. The lowest BCUT2D eigenvalue weighted by Gasteiger charge is -2.32. The van der Waals surface area contributed by atoms with Crippen molar-refractivity contribution >= 4 is 22.9 Å². The van der Waals surface area contributed by atoms with Crippen LogP contribution in [0.5, 0.6) is 5.75 Å². The second kappa shape index (κ2) is 9.94. The highest BCUT2D eigenvalue weighted by Crippen LogP contribution is 2.28. The Balaban J connectivity index is 1.50. The molecule has 3 heterocycles. The van der Waals surface area contributed by atoms with Gasteiger partial charge in [-0.1, -0.05) is 30.3 Å². The molecule has 2 aromatic heterocycles. The van der Waals surface area contributed by atoms with Gasteiger partial charge in [0.05, 0.1) is 17.6 Å². The normalized spacial score (nSPS) is 14.3. The molecule has 0 unspecified atom stereocenters. The highest BCUT2D eigenvalue weighted by Gasteiger charge is 2.27. The molecule has 4 rings (SSSR count). The number of esters is 1. The average Bonchev–Trinajstić information content (AvgIpc) is 2.86. The first-order chi connectivity index (χ1) is 16.4. The maximum Gasteiger partial charge on any atom is 0.347 e. The molecule has 2 N–H and O–H groups in total. The molecule has 1 aromatic carbocycles. The van der Waals surface area contributed by atoms with Crippen molar-refractivity contribution in [1.82, 2.24) is 14.6 Å². The molecule has 0 aliphatic carbocycles. The van der Waals surface area contributed by atoms with Gasteiger partial charge in [0.1, 0.15) is 5.75 Å². The number of rotatable bonds is 6. The van der Waals surface area contributed by atoms with Crippen LogP contribution in [0.2, 0.25) is 0 Å². The van der Waals surface area contributed by atoms with Crippen molar-refractivity contribution in [3.05, 3.63) is 69.6 Å². The summed E-state index contributed by atoms with van der Waals surface area (Å²) in [5.74, 6) is -1.46. The van der Waals surface area contributed by atoms with Crippen LogP contribution >= 0.6 is 0 Å². The lowest BCUT2D eigenvalue weighted by atomic mass is 9.90. The standard InChI is InChI=1S/C25H27N3O6/c1-2-34-25(32)20-21(29)19-14-18(15-26-22(19)28(33)24(20)31)23(30)27-12-10-17(11-13-27)9-8-16-6-4-3-5-7-16/h3-7,14-15,17,29,33H,2,8-13H2,1H3. The molecule has 9 heteroatoms. The predicted octanol–water partition coefficient (Wildman–Crippen LogP) is 3.00. The van der Waals surface area contributed by atoms with Crippen LogP contribution in [0.4, 0.5) is 0 Å². The van der Waals surface area contributed by atoms with Crippen LogP contribution in [-0.2, 0) is 11.2 Å². The van der Waals surface area contributed by atoms with Crippen molar-refractivity contribution in [2.24, 2.45) is 5.92 Å². The second-order valence-corrected chi connectivity index (χ2v) is 8.42. The summed E-state index contributed by atoms with van der Waals surface area (Å²) in [5.41, 5.74) is -0.603. The largest absolute Gasteiger partial charge is 0.506 e. The summed E-state index contributed by atoms with van der Waals surface area (Å²) < 4.78 is 4.98. The summed E-state index contributed by atoms with van der Waals surface area (Å²) in [5, 5.41) is 20.6. The molecule has 0 radical (unpaired) electrons. The average molecular weight is 466 g/mol. The Morgan fingerprint density at radius 3 is 2.56 bits per heavy atom. The van der Waals surface area contributed by atoms with Crippen molar-refractivity contribution in [1.29, 1.82) is 0 Å². The van der Waals surface area contributed by atoms with Gasteiger partial charge in [-0.2, -0.15) is 0 Å². The van der Waals surface area contributed by atoms with Gasteiger partial charge in [0, 0.05) is 19.3 Å². The first-order valence-electron chi connectivity index (χ1n) is 11.4. The Morgan fingerprint density at radius 1 is 1.18 bits per heavy atom. The van der Waals surface area contributed by atoms with Gasteiger partial charge in [0.2, 0.25) is 0 Å². The van der Waals surface area contributed by atoms with Gasteiger partial charge in [-0.3, -0.25) is 9.59 Å². The van der Waals surface area contributed by atoms with E-state index >= 15 is 0 Å². The molecule has 1 aliphatic heterocycles. The van der Waals surface area contributed by atoms with Crippen LogP contribution in [0, 0.1) is 5.92 Å². The van der Waals surface area contributed by atoms with E-state index in [0.29, 0.717) is 19.0 Å². The lowest BCUT2D eigenvalue weighted by molar-refractivity contribution is 0.0515. The molecule has 1 amide bonds. The third-order valence-electron chi connectivity index (χ3n) is 6.28. The monoisotopic (exact) mass is 465 g/mol. The smallest absolute Gasteiger partial charge is 0.347 e. The second-order valence-electron chi connectivity index (χ2n) is 8.42. The maximum atomic E-state index is 13.1. The third kappa shape index (κ3) is 4.59. The lowest BCUT2D eigenvalue weighted by Crippen LogP contribution is -2.38. The van der Waals surface area contributed by atoms with Crippen molar-refractivity contribution in [2.75, 3.05) is 19.7 Å². The molecule has 1 fully saturated rings. The van der Waals surface area contributed by atoms with Crippen molar-refractivity contribution in [3.63, 3.8) is 0 Å². The molecule has 1 aliphatic rings. The highest BCUT2D eigenvalue weighted by atomic mass is 16.5. The number of aromatic hydroxyl groups is 1. The van der Waals surface area contributed by atoms with E-state index < -0.39 is 22.8 Å². The van der Waals surface area contributed by atoms with E-state index in [4.69, 9.17) is 4.74 Å². The van der Waals surface area contributed by atoms with Gasteiger partial charge in [-0.15, -0.1) is 4.73 Å². The summed E-state index contributed by atoms with van der Waals surface area (Å²) in [7, 11) is 0. The number of ether oxygens (including phenoxy) is 1. The number of fused-ring (bicyclic) bond motifs is 1. The van der Waals surface area contributed by atoms with Crippen molar-refractivity contribution in [2.45, 2.75) is 32.6 Å². The summed E-state index contributed by atoms with van der Waals surface area (Å²) >= 11 is 0. The zero-order chi connectivity index (χ0) is 24.2. The predicted molar refractivity (Wildman–Crippen MR) is 124 cm³/mol. The Kier molecular flexibility index (Phi) is 6.81. The Hall–Kier alpha value is -3.88. The van der Waals surface area contributed by atoms with Gasteiger partial charge in [0.15, 0.2) is 11.2 Å². The Morgan fingerprint density at radius 2 is 1.88 bits per heavy atom. The Labute approximate surface area is 196 Å². The number of carbonyl (C=O) groups is 2. The summed E-state index contributed by atoms with van der Waals surface area (Å²) in [6.45, 7) is 2.75. The van der Waals surface area contributed by atoms with Gasteiger partial charge in [-0.25, -0.2) is 9.78 Å². The molecule has 3 aromatic rings. The molecule has 0 saturated carbocycles. The van der Waals surface area contributed by atoms with Gasteiger partial charge in [-0.05, 0) is 50.2 Å². The van der Waals surface area contributed by atoms with Crippen LogP contribution in [0.25, 0.3) is 11.0 Å². The fourth-order valence-corrected chi connectivity index (χ4v) is 4.37. The Bertz CT molecular complexity index is 1260. The maximum absolute atomic E-state index is 13.1. The number of benzene rings is 1. The van der Waals surface area contributed by atoms with Crippen LogP contribution in [0.3, 0.4) is 0 Å². The molecule has 0 atom stereocenters. The SMILES string of the molecule is CCOC(=O)c1c(O)c2cc(C(=O)N3CCC(CCc4ccccc4)CC3)cnc2n(O)c1=O. The summed E-state index contributed by atoms with van der Waals surface area (Å²) in [6.07, 6.45) is 5.13. The van der Waals surface area contributed by atoms with E-state index in [2.05, 4.69) is 17.1 Å². The van der Waals surface area contributed by atoms with E-state index in [1.807, 2.05) is 18.2 Å². The fourth-order valence-electron chi connectivity index (χ4n) is 4.37. The summed E-state index contributed by atoms with van der Waals surface area (Å²) in [6, 6.07) is 11.7. The van der Waals surface area contributed by atoms with E-state index in [1.54, 1.807) is 11.8 Å². The van der Waals surface area contributed by atoms with Crippen LogP contribution in [0.1, 0.15) is 52.5 Å². The molecule has 0 spiro atoms. The molecule has 34 heavy (non-hydrogen) atoms. The molecule has 1 saturated heterocycles. The van der Waals surface area contributed by atoms with E-state index in [9.17, 15) is 24.7 Å². The number of likely N-dealkylation sites (tertiary alicyclic amines) is 1. The van der Waals surface area contributed by atoms with Crippen LogP contribution in [0.15, 0.2) is 47.4 Å². The number of aromatic nitrogens is 2. The van der Waals surface area contributed by atoms with Crippen molar-refractivity contribution in [3.8, 4) is 5.75 Å². The molecular formula is C25H27N3O6. The topological polar surface area (TPSA) is 122 Å². The van der Waals surface area contributed by atoms with Gasteiger partial charge >= 0.3 is 11.5 Å². The number of piperidine rings is 1. The minimum absolute atomic E-state index is 0.0146. The zero-order valence-electron chi connectivity index (χ0n) is 18.9. The number of hydrogen-bond donors (Lipinski definition) is 2. The van der Waals surface area contributed by atoms with Crippen LogP contribution < -0.4 is 5.56 Å². The highest BCUT2D eigenvalue weighted by molar-refractivity contribution is 6.02. The van der Waals surface area contributed by atoms with E-state index in [0.717, 1.165) is 25.7 Å². The number of amides is 1. The number of carbonyl (C=O) groups excluding carboxylic acids is 2. The molecular weight excluding hydrogens is 438 g/mol. The number of nitrogens with zero attached hydrogens (tertiary/aromatic N) is 3. The minimum Gasteiger partial charge on any atom is -0.506 e. The van der Waals surface area contributed by atoms with Gasteiger partial charge < -0.3 is 20.0 Å². The number of aryl methyl sites for hydroxylation is 1. The van der Waals surface area contributed by atoms with Crippen LogP contribution in [-0.4, -0.2) is 56.5 Å². The molecule has 0 bridgehead atoms. The fraction of sp³-hybridized carbons (Fsp3) is 0.360. The first-order valence-corrected chi connectivity index (χ1v) is 11.4. The van der Waals surface area contributed by atoms with E-state index in [1.165, 1.54) is 17.8 Å². The first kappa shape index (κ1) is 23.3. The molecule has 178 valence electrons. The zero-order valence-corrected chi connectivity index (χ0v) is 18.9. The number of pyridine rings is 2. The quantitative estimate of drug-likeness (QED) is 0.424. The van der Waals surface area contributed by atoms with Gasteiger partial charge in [0.25, 0.3) is 5.91 Å². The number of hydrogen-bond acceptors (Lipinski definition) is 7. The van der Waals surface area contributed by atoms with E-state index in [-0.39, 0.29) is 33.8 Å².